The van der Waals surface area contributed by atoms with Gasteiger partial charge in [-0.1, -0.05) is 44.5 Å². The predicted octanol–water partition coefficient (Wildman–Crippen LogP) is 5.13. The quantitative estimate of drug-likeness (QED) is 0.686. The molecular weight excluding hydrogens is 420 g/mol. The summed E-state index contributed by atoms with van der Waals surface area (Å²) in [6, 6.07) is 5.90. The fraction of sp³-hybridized carbons (Fsp3) is 0.435. The first-order valence-electron chi connectivity index (χ1n) is 10.4. The standard InChI is InChI=1S/C23H27ClN2O3S/c1-23(2,3)14-10-12-15(13-11-14)30(28,29)26-22(27)25-21-18-8-4-6-16(18)20(24)17-7-5-9-19(17)21/h10-13H,4-9H2,1-3H3,(H2,25,26,27). The first-order chi connectivity index (χ1) is 14.1. The first kappa shape index (κ1) is 21.2. The smallest absolute Gasteiger partial charge is 0.307 e. The Labute approximate surface area is 183 Å². The molecule has 0 unspecified atom stereocenters. The number of anilines is 1. The van der Waals surface area contributed by atoms with Crippen LogP contribution in [0.2, 0.25) is 5.02 Å². The number of sulfonamides is 1. The number of fused-ring (bicyclic) bond motifs is 2. The molecule has 2 aliphatic rings. The molecule has 0 saturated carbocycles. The van der Waals surface area contributed by atoms with Gasteiger partial charge in [0, 0.05) is 10.7 Å². The highest BCUT2D eigenvalue weighted by Gasteiger charge is 2.29. The van der Waals surface area contributed by atoms with E-state index in [-0.39, 0.29) is 10.3 Å². The Kier molecular flexibility index (Phi) is 5.35. The van der Waals surface area contributed by atoms with Crippen molar-refractivity contribution < 1.29 is 13.2 Å². The number of urea groups is 1. The summed E-state index contributed by atoms with van der Waals surface area (Å²) in [4.78, 5) is 12.7. The van der Waals surface area contributed by atoms with Gasteiger partial charge >= 0.3 is 6.03 Å². The van der Waals surface area contributed by atoms with Gasteiger partial charge in [0.25, 0.3) is 10.0 Å². The average Bonchev–Trinajstić information content (AvgIpc) is 3.34. The van der Waals surface area contributed by atoms with Crippen LogP contribution in [0.15, 0.2) is 29.2 Å². The second-order valence-corrected chi connectivity index (χ2v) is 11.2. The van der Waals surface area contributed by atoms with Gasteiger partial charge in [0.1, 0.15) is 0 Å². The number of halogens is 1. The summed E-state index contributed by atoms with van der Waals surface area (Å²) in [5.41, 5.74) is 6.03. The SMILES string of the molecule is CC(C)(C)c1ccc(S(=O)(=O)NC(=O)Nc2c3c(c(Cl)c4c2CCC4)CCC3)cc1. The maximum Gasteiger partial charge on any atom is 0.333 e. The zero-order valence-electron chi connectivity index (χ0n) is 17.6. The minimum Gasteiger partial charge on any atom is -0.307 e. The molecule has 0 fully saturated rings. The summed E-state index contributed by atoms with van der Waals surface area (Å²) in [6.07, 6.45) is 5.48. The third-order valence-electron chi connectivity index (χ3n) is 6.07. The maximum atomic E-state index is 12.7. The van der Waals surface area contributed by atoms with Crippen LogP contribution in [0.5, 0.6) is 0 Å². The van der Waals surface area contributed by atoms with Crippen molar-refractivity contribution in [3.8, 4) is 0 Å². The van der Waals surface area contributed by atoms with Crippen LogP contribution >= 0.6 is 11.6 Å². The van der Waals surface area contributed by atoms with Gasteiger partial charge in [0.05, 0.1) is 4.90 Å². The van der Waals surface area contributed by atoms with Crippen molar-refractivity contribution in [1.82, 2.24) is 4.72 Å². The molecule has 0 bridgehead atoms. The van der Waals surface area contributed by atoms with Crippen LogP contribution in [0.3, 0.4) is 0 Å². The highest BCUT2D eigenvalue weighted by molar-refractivity contribution is 7.90. The van der Waals surface area contributed by atoms with Gasteiger partial charge in [-0.25, -0.2) is 17.9 Å². The zero-order valence-corrected chi connectivity index (χ0v) is 19.1. The van der Waals surface area contributed by atoms with Crippen LogP contribution in [0, 0.1) is 0 Å². The Morgan fingerprint density at radius 2 is 1.40 bits per heavy atom. The van der Waals surface area contributed by atoms with E-state index >= 15 is 0 Å². The van der Waals surface area contributed by atoms with Crippen LogP contribution in [0.1, 0.15) is 61.4 Å². The number of hydrogen-bond acceptors (Lipinski definition) is 3. The highest BCUT2D eigenvalue weighted by atomic mass is 35.5. The topological polar surface area (TPSA) is 75.3 Å². The van der Waals surface area contributed by atoms with Crippen molar-refractivity contribution in [2.24, 2.45) is 0 Å². The molecule has 4 rings (SSSR count). The lowest BCUT2D eigenvalue weighted by Crippen LogP contribution is -2.35. The van der Waals surface area contributed by atoms with Crippen LogP contribution in [0.4, 0.5) is 10.5 Å². The normalized spacial score (nSPS) is 15.6. The number of carbonyl (C=O) groups is 1. The summed E-state index contributed by atoms with van der Waals surface area (Å²) in [5.74, 6) is 0. The fourth-order valence-corrected chi connectivity index (χ4v) is 5.82. The van der Waals surface area contributed by atoms with Crippen LogP contribution in [0.25, 0.3) is 0 Å². The third-order valence-corrected chi connectivity index (χ3v) is 7.87. The van der Waals surface area contributed by atoms with Gasteiger partial charge in [0.15, 0.2) is 0 Å². The van der Waals surface area contributed by atoms with Crippen LogP contribution in [-0.2, 0) is 41.1 Å². The zero-order chi connectivity index (χ0) is 21.7. The minimum atomic E-state index is -3.97. The summed E-state index contributed by atoms with van der Waals surface area (Å²) in [6.45, 7) is 6.18. The Bertz CT molecular complexity index is 1080. The van der Waals surface area contributed by atoms with Gasteiger partial charge in [-0.3, -0.25) is 0 Å². The molecule has 2 aromatic carbocycles. The van der Waals surface area contributed by atoms with Crippen LogP contribution < -0.4 is 10.0 Å². The molecule has 0 saturated heterocycles. The van der Waals surface area contributed by atoms with Crippen molar-refractivity contribution in [3.05, 3.63) is 57.1 Å². The first-order valence-corrected chi connectivity index (χ1v) is 12.2. The number of benzene rings is 2. The van der Waals surface area contributed by atoms with Gasteiger partial charge in [-0.2, -0.15) is 0 Å². The Morgan fingerprint density at radius 1 is 0.900 bits per heavy atom. The van der Waals surface area contributed by atoms with E-state index in [4.69, 9.17) is 11.6 Å². The van der Waals surface area contributed by atoms with Crippen molar-refractivity contribution in [2.75, 3.05) is 5.32 Å². The lowest BCUT2D eigenvalue weighted by Gasteiger charge is -2.19. The fourth-order valence-electron chi connectivity index (χ4n) is 4.49. The molecule has 0 atom stereocenters. The number of amides is 2. The second kappa shape index (κ2) is 7.57. The molecule has 0 aliphatic heterocycles. The molecule has 30 heavy (non-hydrogen) atoms. The van der Waals surface area contributed by atoms with Gasteiger partial charge in [0.2, 0.25) is 0 Å². The number of rotatable bonds is 3. The molecule has 7 heteroatoms. The lowest BCUT2D eigenvalue weighted by molar-refractivity contribution is 0.256. The van der Waals surface area contributed by atoms with Gasteiger partial charge in [-0.05, 0) is 83.9 Å². The molecule has 2 aromatic rings. The maximum absolute atomic E-state index is 12.7. The molecule has 2 N–H and O–H groups in total. The summed E-state index contributed by atoms with van der Waals surface area (Å²) >= 11 is 6.62. The molecule has 0 heterocycles. The Hall–Kier alpha value is -2.05. The van der Waals surface area contributed by atoms with E-state index in [1.54, 1.807) is 12.1 Å². The minimum absolute atomic E-state index is 0.0669. The van der Waals surface area contributed by atoms with E-state index < -0.39 is 16.1 Å². The molecule has 0 radical (unpaired) electrons. The Balaban J connectivity index is 1.57. The van der Waals surface area contributed by atoms with E-state index in [1.165, 1.54) is 12.1 Å². The van der Waals surface area contributed by atoms with Crippen molar-refractivity contribution in [1.29, 1.82) is 0 Å². The summed E-state index contributed by atoms with van der Waals surface area (Å²) in [7, 11) is -3.97. The van der Waals surface area contributed by atoms with E-state index in [1.807, 2.05) is 0 Å². The lowest BCUT2D eigenvalue weighted by atomic mass is 9.87. The van der Waals surface area contributed by atoms with E-state index in [9.17, 15) is 13.2 Å². The van der Waals surface area contributed by atoms with Crippen molar-refractivity contribution in [2.45, 2.75) is 69.6 Å². The second-order valence-electron chi connectivity index (χ2n) is 9.14. The number of hydrogen-bond donors (Lipinski definition) is 2. The predicted molar refractivity (Wildman–Crippen MR) is 120 cm³/mol. The Morgan fingerprint density at radius 3 is 1.90 bits per heavy atom. The van der Waals surface area contributed by atoms with Crippen molar-refractivity contribution >= 4 is 33.3 Å². The molecule has 160 valence electrons. The molecule has 2 amide bonds. The van der Waals surface area contributed by atoms with E-state index in [0.29, 0.717) is 0 Å². The molecule has 2 aliphatic carbocycles. The molecular formula is C23H27ClN2O3S. The molecule has 5 nitrogen and oxygen atoms in total. The van der Waals surface area contributed by atoms with E-state index in [0.717, 1.165) is 77.1 Å². The average molecular weight is 447 g/mol. The largest absolute Gasteiger partial charge is 0.333 e. The van der Waals surface area contributed by atoms with Gasteiger partial charge < -0.3 is 5.32 Å². The van der Waals surface area contributed by atoms with E-state index in [2.05, 4.69) is 30.8 Å². The highest BCUT2D eigenvalue weighted by Crippen LogP contribution is 2.44. The molecule has 0 spiro atoms. The monoisotopic (exact) mass is 446 g/mol. The summed E-state index contributed by atoms with van der Waals surface area (Å²) < 4.78 is 27.6. The van der Waals surface area contributed by atoms with Crippen LogP contribution in [-0.4, -0.2) is 14.4 Å². The van der Waals surface area contributed by atoms with Crippen molar-refractivity contribution in [3.63, 3.8) is 0 Å². The van der Waals surface area contributed by atoms with Gasteiger partial charge in [-0.15, -0.1) is 0 Å². The summed E-state index contributed by atoms with van der Waals surface area (Å²) in [5, 5.41) is 3.68. The number of nitrogens with one attached hydrogen (secondary N) is 2. The number of carbonyl (C=O) groups excluding carboxylic acids is 1. The molecule has 0 aromatic heterocycles. The third kappa shape index (κ3) is 3.83.